The number of alkyl carbamates (subject to hydrolysis) is 1. The van der Waals surface area contributed by atoms with Crippen LogP contribution in [0.1, 0.15) is 50.3 Å². The maximum absolute atomic E-state index is 12.4. The smallest absolute Gasteiger partial charge is 0.407 e. The minimum atomic E-state index is -3.42. The van der Waals surface area contributed by atoms with E-state index in [1.54, 1.807) is 24.3 Å². The first-order valence-corrected chi connectivity index (χ1v) is 12.1. The third-order valence-electron chi connectivity index (χ3n) is 5.09. The number of sulfone groups is 1. The fraction of sp³-hybridized carbons (Fsp3) is 0.476. The van der Waals surface area contributed by atoms with Gasteiger partial charge in [-0.2, -0.15) is 5.10 Å². The van der Waals surface area contributed by atoms with Crippen LogP contribution in [0.2, 0.25) is 0 Å². The second kappa shape index (κ2) is 9.51. The van der Waals surface area contributed by atoms with Crippen molar-refractivity contribution in [3.8, 4) is 0 Å². The molecular weight excluding hydrogens is 420 g/mol. The molecule has 0 spiro atoms. The highest BCUT2D eigenvalue weighted by molar-refractivity contribution is 7.90. The first-order chi connectivity index (χ1) is 14.6. The zero-order valence-electron chi connectivity index (χ0n) is 17.8. The van der Waals surface area contributed by atoms with Crippen molar-refractivity contribution in [3.63, 3.8) is 0 Å². The summed E-state index contributed by atoms with van der Waals surface area (Å²) in [5.41, 5.74) is 1.30. The number of rotatable bonds is 7. The van der Waals surface area contributed by atoms with Gasteiger partial charge >= 0.3 is 6.09 Å². The van der Waals surface area contributed by atoms with Crippen molar-refractivity contribution in [2.75, 3.05) is 11.6 Å². The zero-order valence-corrected chi connectivity index (χ0v) is 18.7. The molecule has 1 heterocycles. The standard InChI is InChI=1S/C21H28N4O5S/c1-13(2)22-21(27)30-16-9-8-14(10-16)17-12-19(25-24-17)23-20(26)11-15-6-4-5-7-18(15)31(3,28)29/h4-7,12-14,16H,8-11H2,1-3H3,(H,22,27)(H2,23,24,25,26)/t14-,16+/m0/s1. The molecule has 0 unspecified atom stereocenters. The lowest BCUT2D eigenvalue weighted by atomic mass is 10.0. The Morgan fingerprint density at radius 1 is 1.26 bits per heavy atom. The van der Waals surface area contributed by atoms with E-state index < -0.39 is 15.9 Å². The number of nitrogens with zero attached hydrogens (tertiary/aromatic N) is 1. The quantitative estimate of drug-likeness (QED) is 0.597. The first-order valence-electron chi connectivity index (χ1n) is 10.2. The Kier molecular flexibility index (Phi) is 6.99. The highest BCUT2D eigenvalue weighted by Crippen LogP contribution is 2.35. The normalized spacial score (nSPS) is 18.7. The van der Waals surface area contributed by atoms with Crippen molar-refractivity contribution in [3.05, 3.63) is 41.6 Å². The Morgan fingerprint density at radius 2 is 2.00 bits per heavy atom. The van der Waals surface area contributed by atoms with Gasteiger partial charge in [0.05, 0.1) is 11.3 Å². The van der Waals surface area contributed by atoms with Gasteiger partial charge in [0.15, 0.2) is 15.7 Å². The van der Waals surface area contributed by atoms with E-state index in [9.17, 15) is 18.0 Å². The Balaban J connectivity index is 1.56. The minimum Gasteiger partial charge on any atom is -0.446 e. The zero-order chi connectivity index (χ0) is 22.6. The molecule has 2 amide bonds. The fourth-order valence-electron chi connectivity index (χ4n) is 3.73. The summed E-state index contributed by atoms with van der Waals surface area (Å²) in [6.45, 7) is 3.75. The predicted octanol–water partition coefficient (Wildman–Crippen LogP) is 2.77. The van der Waals surface area contributed by atoms with Crippen molar-refractivity contribution in [1.82, 2.24) is 15.5 Å². The van der Waals surface area contributed by atoms with Crippen LogP contribution >= 0.6 is 0 Å². The van der Waals surface area contributed by atoms with E-state index in [0.29, 0.717) is 17.8 Å². The highest BCUT2D eigenvalue weighted by atomic mass is 32.2. The molecule has 1 aliphatic carbocycles. The van der Waals surface area contributed by atoms with Gasteiger partial charge in [-0.1, -0.05) is 18.2 Å². The van der Waals surface area contributed by atoms with E-state index in [-0.39, 0.29) is 35.3 Å². The summed E-state index contributed by atoms with van der Waals surface area (Å²) in [4.78, 5) is 24.3. The molecule has 0 radical (unpaired) electrons. The molecule has 1 aromatic carbocycles. The van der Waals surface area contributed by atoms with Crippen molar-refractivity contribution in [2.45, 2.75) is 62.5 Å². The molecule has 0 bridgehead atoms. The minimum absolute atomic E-state index is 0.0212. The lowest BCUT2D eigenvalue weighted by Crippen LogP contribution is -2.33. The van der Waals surface area contributed by atoms with Crippen LogP contribution < -0.4 is 10.6 Å². The highest BCUT2D eigenvalue weighted by Gasteiger charge is 2.30. The van der Waals surface area contributed by atoms with Crippen LogP contribution in [0.4, 0.5) is 10.6 Å². The average molecular weight is 449 g/mol. The summed E-state index contributed by atoms with van der Waals surface area (Å²) in [6.07, 6.45) is 2.77. The molecule has 9 nitrogen and oxygen atoms in total. The van der Waals surface area contributed by atoms with E-state index in [0.717, 1.165) is 24.8 Å². The van der Waals surface area contributed by atoms with Gasteiger partial charge in [-0.05, 0) is 44.7 Å². The summed E-state index contributed by atoms with van der Waals surface area (Å²) < 4.78 is 29.3. The number of hydrogen-bond donors (Lipinski definition) is 3. The van der Waals surface area contributed by atoms with Crippen LogP contribution in [-0.2, 0) is 25.8 Å². The molecule has 0 saturated heterocycles. The molecule has 1 fully saturated rings. The van der Waals surface area contributed by atoms with Crippen LogP contribution in [0, 0.1) is 0 Å². The Morgan fingerprint density at radius 3 is 2.71 bits per heavy atom. The maximum atomic E-state index is 12.4. The predicted molar refractivity (Wildman–Crippen MR) is 116 cm³/mol. The SMILES string of the molecule is CC(C)NC(=O)O[C@@H]1CC[C@H](c2cc(NC(=O)Cc3ccccc3S(C)(=O)=O)n[nH]2)C1. The fourth-order valence-corrected chi connectivity index (χ4v) is 4.67. The summed E-state index contributed by atoms with van der Waals surface area (Å²) in [5.74, 6) is 0.173. The van der Waals surface area contributed by atoms with Gasteiger partial charge in [0, 0.05) is 30.0 Å². The van der Waals surface area contributed by atoms with E-state index in [1.165, 1.54) is 6.07 Å². The topological polar surface area (TPSA) is 130 Å². The van der Waals surface area contributed by atoms with Crippen LogP contribution in [0.15, 0.2) is 35.2 Å². The second-order valence-corrected chi connectivity index (χ2v) is 10.1. The molecular formula is C21H28N4O5S. The van der Waals surface area contributed by atoms with Crippen molar-refractivity contribution >= 4 is 27.7 Å². The van der Waals surface area contributed by atoms with Crippen LogP contribution in [0.25, 0.3) is 0 Å². The number of benzene rings is 1. The number of amides is 2. The van der Waals surface area contributed by atoms with Gasteiger partial charge in [0.25, 0.3) is 0 Å². The monoisotopic (exact) mass is 448 g/mol. The number of anilines is 1. The Bertz CT molecular complexity index is 1050. The Labute approximate surface area is 181 Å². The van der Waals surface area contributed by atoms with Crippen LogP contribution in [0.5, 0.6) is 0 Å². The molecule has 2 atom stereocenters. The number of ether oxygens (including phenoxy) is 1. The van der Waals surface area contributed by atoms with Crippen molar-refractivity contribution < 1.29 is 22.7 Å². The molecule has 1 aliphatic rings. The van der Waals surface area contributed by atoms with Crippen molar-refractivity contribution in [2.24, 2.45) is 0 Å². The van der Waals surface area contributed by atoms with E-state index >= 15 is 0 Å². The molecule has 10 heteroatoms. The Hall–Kier alpha value is -2.88. The van der Waals surface area contributed by atoms with E-state index in [1.807, 2.05) is 13.8 Å². The van der Waals surface area contributed by atoms with Gasteiger partial charge in [-0.25, -0.2) is 13.2 Å². The van der Waals surface area contributed by atoms with E-state index in [2.05, 4.69) is 20.8 Å². The lowest BCUT2D eigenvalue weighted by molar-refractivity contribution is -0.115. The van der Waals surface area contributed by atoms with E-state index in [4.69, 9.17) is 4.74 Å². The summed E-state index contributed by atoms with van der Waals surface area (Å²) in [7, 11) is -3.42. The molecule has 31 heavy (non-hydrogen) atoms. The summed E-state index contributed by atoms with van der Waals surface area (Å²) >= 11 is 0. The van der Waals surface area contributed by atoms with Gasteiger partial charge in [-0.3, -0.25) is 9.89 Å². The molecule has 0 aliphatic heterocycles. The molecule has 3 rings (SSSR count). The average Bonchev–Trinajstić information content (AvgIpc) is 3.30. The molecule has 3 N–H and O–H groups in total. The largest absolute Gasteiger partial charge is 0.446 e. The number of hydrogen-bond acceptors (Lipinski definition) is 6. The molecule has 168 valence electrons. The maximum Gasteiger partial charge on any atom is 0.407 e. The van der Waals surface area contributed by atoms with Gasteiger partial charge < -0.3 is 15.4 Å². The number of aromatic amines is 1. The first kappa shape index (κ1) is 22.8. The number of nitrogens with one attached hydrogen (secondary N) is 3. The molecule has 1 aromatic heterocycles. The summed E-state index contributed by atoms with van der Waals surface area (Å²) in [5, 5.41) is 12.5. The van der Waals surface area contributed by atoms with Crippen LogP contribution in [-0.4, -0.2) is 49.0 Å². The summed E-state index contributed by atoms with van der Waals surface area (Å²) in [6, 6.07) is 8.23. The molecule has 2 aromatic rings. The van der Waals surface area contributed by atoms with Gasteiger partial charge in [-0.15, -0.1) is 0 Å². The number of carbonyl (C=O) groups excluding carboxylic acids is 2. The van der Waals surface area contributed by atoms with Gasteiger partial charge in [0.2, 0.25) is 5.91 Å². The molecule has 1 saturated carbocycles. The lowest BCUT2D eigenvalue weighted by Gasteiger charge is -2.14. The second-order valence-electron chi connectivity index (χ2n) is 8.15. The number of carbonyl (C=O) groups is 2. The third-order valence-corrected chi connectivity index (χ3v) is 6.29. The number of H-pyrrole nitrogens is 1. The van der Waals surface area contributed by atoms with Crippen LogP contribution in [0.3, 0.4) is 0 Å². The van der Waals surface area contributed by atoms with Crippen molar-refractivity contribution in [1.29, 1.82) is 0 Å². The number of aromatic nitrogens is 2. The van der Waals surface area contributed by atoms with Gasteiger partial charge in [0.1, 0.15) is 6.10 Å². The third kappa shape index (κ3) is 6.30.